The first kappa shape index (κ1) is 32.2. The Labute approximate surface area is 252 Å². The molecule has 0 heterocycles. The molecule has 0 bridgehead atoms. The highest BCUT2D eigenvalue weighted by Crippen LogP contribution is 2.26. The molecule has 0 aromatic heterocycles. The molecule has 0 radical (unpaired) electrons. The number of carbonyl (C=O) groups is 2. The van der Waals surface area contributed by atoms with Gasteiger partial charge < -0.3 is 15.0 Å². The third kappa shape index (κ3) is 9.38. The molecule has 1 N–H and O–H groups in total. The smallest absolute Gasteiger partial charge is 0.244 e. The molecule has 3 aromatic rings. The van der Waals surface area contributed by atoms with Crippen LogP contribution in [0.3, 0.4) is 0 Å². The highest BCUT2D eigenvalue weighted by atomic mass is 35.5. The van der Waals surface area contributed by atoms with Gasteiger partial charge in [0.05, 0.1) is 29.1 Å². The molecule has 2 amide bonds. The van der Waals surface area contributed by atoms with Gasteiger partial charge in [0.15, 0.2) is 0 Å². The Hall–Kier alpha value is -3.27. The minimum atomic E-state index is -3.89. The number of benzene rings is 3. The number of hydrogen-bond donors (Lipinski definition) is 1. The molecule has 0 saturated carbocycles. The van der Waals surface area contributed by atoms with E-state index in [9.17, 15) is 18.0 Å². The van der Waals surface area contributed by atoms with Crippen molar-refractivity contribution in [1.82, 2.24) is 10.2 Å². The molecule has 0 aliphatic heterocycles. The first-order valence-corrected chi connectivity index (χ1v) is 15.8. The Bertz CT molecular complexity index is 1440. The van der Waals surface area contributed by atoms with Gasteiger partial charge in [0.2, 0.25) is 21.8 Å². The van der Waals surface area contributed by atoms with Gasteiger partial charge in [-0.15, -0.1) is 0 Å². The Morgan fingerprint density at radius 3 is 2.32 bits per heavy atom. The van der Waals surface area contributed by atoms with Crippen LogP contribution in [0.5, 0.6) is 5.75 Å². The number of amides is 2. The Kier molecular flexibility index (Phi) is 11.9. The fraction of sp³-hybridized carbons (Fsp3) is 0.333. The van der Waals surface area contributed by atoms with Crippen molar-refractivity contribution in [3.8, 4) is 5.75 Å². The van der Waals surface area contributed by atoms with E-state index in [1.807, 2.05) is 37.3 Å². The Balaban J connectivity index is 2.06. The van der Waals surface area contributed by atoms with E-state index in [2.05, 4.69) is 5.32 Å². The highest BCUT2D eigenvalue weighted by molar-refractivity contribution is 7.92. The normalized spacial score (nSPS) is 11.9. The molecule has 3 rings (SSSR count). The number of anilines is 1. The number of sulfonamides is 1. The van der Waals surface area contributed by atoms with Gasteiger partial charge in [0, 0.05) is 25.6 Å². The Morgan fingerprint density at radius 1 is 0.951 bits per heavy atom. The maximum Gasteiger partial charge on any atom is 0.244 e. The van der Waals surface area contributed by atoms with Crippen LogP contribution in [0, 0.1) is 0 Å². The minimum Gasteiger partial charge on any atom is -0.497 e. The van der Waals surface area contributed by atoms with Crippen LogP contribution in [0.25, 0.3) is 0 Å². The van der Waals surface area contributed by atoms with Crippen LogP contribution in [-0.2, 0) is 32.6 Å². The van der Waals surface area contributed by atoms with Crippen LogP contribution in [0.2, 0.25) is 10.0 Å². The van der Waals surface area contributed by atoms with Gasteiger partial charge in [0.25, 0.3) is 0 Å². The molecular formula is C30H35Cl2N3O5S. The van der Waals surface area contributed by atoms with Crippen molar-refractivity contribution in [2.75, 3.05) is 30.8 Å². The summed E-state index contributed by atoms with van der Waals surface area (Å²) >= 11 is 12.4. The van der Waals surface area contributed by atoms with Crippen molar-refractivity contribution >= 4 is 50.7 Å². The third-order valence-corrected chi connectivity index (χ3v) is 8.34. The predicted octanol–water partition coefficient (Wildman–Crippen LogP) is 5.32. The van der Waals surface area contributed by atoms with Gasteiger partial charge in [-0.3, -0.25) is 13.9 Å². The molecule has 0 aliphatic rings. The van der Waals surface area contributed by atoms with Crippen molar-refractivity contribution in [3.63, 3.8) is 0 Å². The van der Waals surface area contributed by atoms with Gasteiger partial charge in [-0.05, 0) is 41.8 Å². The van der Waals surface area contributed by atoms with Crippen LogP contribution >= 0.6 is 23.2 Å². The number of rotatable bonds is 14. The van der Waals surface area contributed by atoms with Crippen molar-refractivity contribution in [2.24, 2.45) is 0 Å². The zero-order valence-electron chi connectivity index (χ0n) is 23.3. The lowest BCUT2D eigenvalue weighted by Gasteiger charge is -2.33. The largest absolute Gasteiger partial charge is 0.497 e. The van der Waals surface area contributed by atoms with Gasteiger partial charge in [-0.2, -0.15) is 0 Å². The van der Waals surface area contributed by atoms with Crippen LogP contribution < -0.4 is 14.4 Å². The Morgan fingerprint density at radius 2 is 1.68 bits per heavy atom. The number of ether oxygens (including phenoxy) is 1. The monoisotopic (exact) mass is 619 g/mol. The number of unbranched alkanes of at least 4 members (excludes halogenated alkanes) is 1. The summed E-state index contributed by atoms with van der Waals surface area (Å²) in [4.78, 5) is 29.1. The highest BCUT2D eigenvalue weighted by Gasteiger charge is 2.33. The second-order valence-corrected chi connectivity index (χ2v) is 12.3. The molecule has 3 aromatic carbocycles. The van der Waals surface area contributed by atoms with Crippen molar-refractivity contribution in [1.29, 1.82) is 0 Å². The number of methoxy groups -OCH3 is 1. The van der Waals surface area contributed by atoms with Crippen LogP contribution in [0.15, 0.2) is 72.8 Å². The van der Waals surface area contributed by atoms with E-state index < -0.39 is 28.5 Å². The molecule has 11 heteroatoms. The van der Waals surface area contributed by atoms with Crippen LogP contribution in [0.1, 0.15) is 30.9 Å². The molecule has 0 fully saturated rings. The summed E-state index contributed by atoms with van der Waals surface area (Å²) in [6, 6.07) is 19.8. The van der Waals surface area contributed by atoms with E-state index in [-0.39, 0.29) is 24.6 Å². The fourth-order valence-corrected chi connectivity index (χ4v) is 5.44. The standard InChI is InChI=1S/C30H35Cl2N3O5S/c1-4-5-16-33-30(37)28(18-22-10-7-6-8-11-22)34(20-23-14-15-26(31)27(32)17-23)29(36)21-35(41(3,38)39)24-12-9-13-25(19-24)40-2/h6-15,17,19,28H,4-5,16,18,20-21H2,1-3H3,(H,33,37)/t28-/m1/s1. The second-order valence-electron chi connectivity index (χ2n) is 9.59. The number of halogens is 2. The molecule has 0 saturated heterocycles. The van der Waals surface area contributed by atoms with Crippen molar-refractivity contribution in [2.45, 2.75) is 38.8 Å². The van der Waals surface area contributed by atoms with E-state index in [0.29, 0.717) is 27.9 Å². The third-order valence-electron chi connectivity index (χ3n) is 6.46. The predicted molar refractivity (Wildman–Crippen MR) is 164 cm³/mol. The van der Waals surface area contributed by atoms with Gasteiger partial charge in [-0.25, -0.2) is 8.42 Å². The number of hydrogen-bond acceptors (Lipinski definition) is 5. The van der Waals surface area contributed by atoms with E-state index >= 15 is 0 Å². The fourth-order valence-electron chi connectivity index (χ4n) is 4.27. The second kappa shape index (κ2) is 15.1. The number of nitrogens with one attached hydrogen (secondary N) is 1. The molecule has 0 aliphatic carbocycles. The topological polar surface area (TPSA) is 96.0 Å². The summed E-state index contributed by atoms with van der Waals surface area (Å²) < 4.78 is 32.1. The number of nitrogens with zero attached hydrogens (tertiary/aromatic N) is 2. The lowest BCUT2D eigenvalue weighted by Crippen LogP contribution is -2.53. The molecule has 41 heavy (non-hydrogen) atoms. The van der Waals surface area contributed by atoms with Gasteiger partial charge >= 0.3 is 0 Å². The average Bonchev–Trinajstić information content (AvgIpc) is 2.95. The SMILES string of the molecule is CCCCNC(=O)[C@@H](Cc1ccccc1)N(Cc1ccc(Cl)c(Cl)c1)C(=O)CN(c1cccc(OC)c1)S(C)(=O)=O. The lowest BCUT2D eigenvalue weighted by atomic mass is 10.0. The summed E-state index contributed by atoms with van der Waals surface area (Å²) in [5, 5.41) is 3.61. The van der Waals surface area contributed by atoms with Gasteiger partial charge in [-0.1, -0.05) is 79.0 Å². The molecule has 0 spiro atoms. The van der Waals surface area contributed by atoms with E-state index in [0.717, 1.165) is 29.0 Å². The molecule has 220 valence electrons. The maximum atomic E-state index is 14.1. The van der Waals surface area contributed by atoms with E-state index in [1.165, 1.54) is 18.1 Å². The quantitative estimate of drug-likeness (QED) is 0.246. The van der Waals surface area contributed by atoms with Gasteiger partial charge in [0.1, 0.15) is 18.3 Å². The average molecular weight is 621 g/mol. The van der Waals surface area contributed by atoms with E-state index in [4.69, 9.17) is 27.9 Å². The zero-order chi connectivity index (χ0) is 30.0. The summed E-state index contributed by atoms with van der Waals surface area (Å²) in [5.74, 6) is -0.451. The molecule has 1 atom stereocenters. The first-order chi connectivity index (χ1) is 19.5. The summed E-state index contributed by atoms with van der Waals surface area (Å²) in [6.07, 6.45) is 2.92. The summed E-state index contributed by atoms with van der Waals surface area (Å²) in [6.45, 7) is 1.95. The summed E-state index contributed by atoms with van der Waals surface area (Å²) in [5.41, 5.74) is 1.75. The first-order valence-electron chi connectivity index (χ1n) is 13.2. The van der Waals surface area contributed by atoms with Crippen LogP contribution in [0.4, 0.5) is 5.69 Å². The summed E-state index contributed by atoms with van der Waals surface area (Å²) in [7, 11) is -2.42. The lowest BCUT2D eigenvalue weighted by molar-refractivity contribution is -0.140. The maximum absolute atomic E-state index is 14.1. The van der Waals surface area contributed by atoms with E-state index in [1.54, 1.807) is 36.4 Å². The molecular weight excluding hydrogens is 585 g/mol. The molecule has 8 nitrogen and oxygen atoms in total. The van der Waals surface area contributed by atoms with Crippen molar-refractivity contribution < 1.29 is 22.7 Å². The minimum absolute atomic E-state index is 0.00410. The number of carbonyl (C=O) groups excluding carboxylic acids is 2. The van der Waals surface area contributed by atoms with Crippen molar-refractivity contribution in [3.05, 3.63) is 94.0 Å². The zero-order valence-corrected chi connectivity index (χ0v) is 25.7. The van der Waals surface area contributed by atoms with Crippen LogP contribution in [-0.4, -0.2) is 57.6 Å². The molecule has 0 unspecified atom stereocenters.